The van der Waals surface area contributed by atoms with Crippen LogP contribution in [-0.4, -0.2) is 71.9 Å². The summed E-state index contributed by atoms with van der Waals surface area (Å²) < 4.78 is 24.3. The minimum absolute atomic E-state index is 0.145. The molecule has 0 aliphatic heterocycles. The normalized spacial score (nSPS) is 12.4. The third-order valence-electron chi connectivity index (χ3n) is 7.98. The van der Waals surface area contributed by atoms with Gasteiger partial charge in [0.2, 0.25) is 11.5 Å². The van der Waals surface area contributed by atoms with Crippen molar-refractivity contribution in [3.63, 3.8) is 0 Å². The quantitative estimate of drug-likeness (QED) is 0.214. The van der Waals surface area contributed by atoms with Crippen LogP contribution < -0.4 is 40.5 Å². The first-order valence-electron chi connectivity index (χ1n) is 16.1. The van der Waals surface area contributed by atoms with Crippen molar-refractivity contribution >= 4 is 17.3 Å². The second-order valence-electron chi connectivity index (χ2n) is 11.4. The average Bonchev–Trinajstić information content (AvgIpc) is 3.17. The molecule has 270 valence electrons. The van der Waals surface area contributed by atoms with Gasteiger partial charge >= 0.3 is 11.1 Å². The highest BCUT2D eigenvalue weighted by molar-refractivity contribution is 6.33. The van der Waals surface area contributed by atoms with Crippen molar-refractivity contribution in [2.75, 3.05) is 47.4 Å². The average molecular weight is 720 g/mol. The molecule has 1 aliphatic rings. The molecule has 0 amide bonds. The molecule has 0 unspecified atom stereocenters. The maximum absolute atomic E-state index is 12.2. The van der Waals surface area contributed by atoms with Crippen LogP contribution in [0.4, 0.5) is 5.69 Å². The Bertz CT molecular complexity index is 2050. The topological polar surface area (TPSA) is 145 Å². The van der Waals surface area contributed by atoms with Gasteiger partial charge < -0.3 is 23.8 Å². The van der Waals surface area contributed by atoms with Gasteiger partial charge in [0.25, 0.3) is 5.56 Å². The molecular weight excluding hydrogens is 678 g/mol. The van der Waals surface area contributed by atoms with Gasteiger partial charge in [-0.3, -0.25) is 14.4 Å². The number of hydrogen-bond acceptors (Lipinski definition) is 11. The molecule has 1 fully saturated rings. The highest BCUT2D eigenvalue weighted by Crippen LogP contribution is 2.28. The van der Waals surface area contributed by atoms with E-state index in [1.807, 2.05) is 50.5 Å². The molecule has 1 saturated carbocycles. The molecule has 1 aliphatic carbocycles. The second-order valence-corrected chi connectivity index (χ2v) is 11.8. The molecule has 0 saturated heterocycles. The lowest BCUT2D eigenvalue weighted by Crippen LogP contribution is -2.29. The van der Waals surface area contributed by atoms with Gasteiger partial charge in [-0.15, -0.1) is 0 Å². The first-order chi connectivity index (χ1) is 24.7. The van der Waals surface area contributed by atoms with E-state index in [0.717, 1.165) is 25.7 Å². The van der Waals surface area contributed by atoms with E-state index in [1.54, 1.807) is 46.2 Å². The van der Waals surface area contributed by atoms with Gasteiger partial charge in [-0.1, -0.05) is 67.3 Å². The summed E-state index contributed by atoms with van der Waals surface area (Å²) in [6, 6.07) is 18.5. The summed E-state index contributed by atoms with van der Waals surface area (Å²) in [7, 11) is 9.50. The molecule has 0 bridgehead atoms. The third kappa shape index (κ3) is 9.14. The SMILES string of the molecule is CN(C)c1cnn(-c2ccccc2)c(=O)c1Cl.COc1cnn(-c2ccccc2)c(=O)c1OC.COc1cnn(C2CCCCC2)c(=O)c1OC. The summed E-state index contributed by atoms with van der Waals surface area (Å²) in [6.45, 7) is 0. The fourth-order valence-corrected chi connectivity index (χ4v) is 5.65. The Labute approximate surface area is 300 Å². The third-order valence-corrected chi connectivity index (χ3v) is 8.33. The van der Waals surface area contributed by atoms with Crippen LogP contribution in [0.3, 0.4) is 0 Å². The van der Waals surface area contributed by atoms with E-state index in [0.29, 0.717) is 28.6 Å². The number of rotatable bonds is 8. The Balaban J connectivity index is 0.000000172. The fourth-order valence-electron chi connectivity index (χ4n) is 5.35. The van der Waals surface area contributed by atoms with E-state index >= 15 is 0 Å². The Morgan fingerprint density at radius 2 is 1.10 bits per heavy atom. The zero-order chi connectivity index (χ0) is 36.9. The van der Waals surface area contributed by atoms with Crippen molar-refractivity contribution in [2.24, 2.45) is 0 Å². The predicted molar refractivity (Wildman–Crippen MR) is 196 cm³/mol. The molecule has 51 heavy (non-hydrogen) atoms. The Kier molecular flexibility index (Phi) is 13.8. The number of hydrogen-bond donors (Lipinski definition) is 0. The van der Waals surface area contributed by atoms with Gasteiger partial charge in [0.05, 0.1) is 70.1 Å². The summed E-state index contributed by atoms with van der Waals surface area (Å²) in [5.74, 6) is 1.11. The molecule has 5 aromatic rings. The van der Waals surface area contributed by atoms with Crippen molar-refractivity contribution in [3.05, 3.63) is 115 Å². The van der Waals surface area contributed by atoms with E-state index in [1.165, 1.54) is 50.4 Å². The Hall–Kier alpha value is -5.63. The maximum Gasteiger partial charge on any atom is 0.317 e. The smallest absolute Gasteiger partial charge is 0.317 e. The lowest BCUT2D eigenvalue weighted by molar-refractivity contribution is 0.295. The molecule has 3 heterocycles. The van der Waals surface area contributed by atoms with Crippen LogP contribution in [0, 0.1) is 0 Å². The number of benzene rings is 2. The van der Waals surface area contributed by atoms with Gasteiger partial charge in [0.1, 0.15) is 5.02 Å². The van der Waals surface area contributed by atoms with Crippen molar-refractivity contribution in [1.29, 1.82) is 0 Å². The van der Waals surface area contributed by atoms with Gasteiger partial charge in [-0.25, -0.2) is 4.68 Å². The number of nitrogens with zero attached hydrogens (tertiary/aromatic N) is 7. The Morgan fingerprint density at radius 3 is 1.59 bits per heavy atom. The first kappa shape index (κ1) is 38.2. The number of aromatic nitrogens is 6. The largest absolute Gasteiger partial charge is 0.491 e. The van der Waals surface area contributed by atoms with E-state index in [-0.39, 0.29) is 39.2 Å². The van der Waals surface area contributed by atoms with Crippen LogP contribution in [0.2, 0.25) is 5.02 Å². The first-order valence-corrected chi connectivity index (χ1v) is 16.5. The number of halogens is 1. The highest BCUT2D eigenvalue weighted by Gasteiger charge is 2.21. The number of ether oxygens (including phenoxy) is 4. The maximum atomic E-state index is 12.2. The predicted octanol–water partition coefficient (Wildman–Crippen LogP) is 4.97. The lowest BCUT2D eigenvalue weighted by atomic mass is 9.96. The van der Waals surface area contributed by atoms with Gasteiger partial charge in [0, 0.05) is 14.1 Å². The number of anilines is 1. The summed E-state index contributed by atoms with van der Waals surface area (Å²) in [5.41, 5.74) is 1.13. The summed E-state index contributed by atoms with van der Waals surface area (Å²) in [6.07, 6.45) is 10.2. The molecular formula is C36H42ClN7O7. The molecule has 3 aromatic heterocycles. The molecule has 0 spiro atoms. The van der Waals surface area contributed by atoms with E-state index in [9.17, 15) is 14.4 Å². The van der Waals surface area contributed by atoms with E-state index in [2.05, 4.69) is 15.3 Å². The number of para-hydroxylation sites is 2. The zero-order valence-electron chi connectivity index (χ0n) is 29.5. The van der Waals surface area contributed by atoms with Crippen LogP contribution in [0.5, 0.6) is 23.0 Å². The van der Waals surface area contributed by atoms with Crippen molar-refractivity contribution in [1.82, 2.24) is 29.3 Å². The minimum Gasteiger partial charge on any atom is -0.491 e. The minimum atomic E-state index is -0.349. The second kappa shape index (κ2) is 18.4. The van der Waals surface area contributed by atoms with E-state index in [4.69, 9.17) is 30.5 Å². The Morgan fingerprint density at radius 1 is 0.627 bits per heavy atom. The molecule has 2 aromatic carbocycles. The van der Waals surface area contributed by atoms with Gasteiger partial charge in [0.15, 0.2) is 11.5 Å². The summed E-state index contributed by atoms with van der Waals surface area (Å²) >= 11 is 6.03. The van der Waals surface area contributed by atoms with Gasteiger partial charge in [-0.05, 0) is 37.1 Å². The van der Waals surface area contributed by atoms with Crippen LogP contribution in [0.1, 0.15) is 38.1 Å². The molecule has 14 nitrogen and oxygen atoms in total. The molecule has 6 rings (SSSR count). The van der Waals surface area contributed by atoms with Crippen molar-refractivity contribution in [3.8, 4) is 34.4 Å². The van der Waals surface area contributed by atoms with E-state index < -0.39 is 0 Å². The van der Waals surface area contributed by atoms with Crippen LogP contribution >= 0.6 is 11.6 Å². The van der Waals surface area contributed by atoms with Crippen molar-refractivity contribution < 1.29 is 18.9 Å². The molecule has 0 atom stereocenters. The lowest BCUT2D eigenvalue weighted by Gasteiger charge is -2.23. The monoisotopic (exact) mass is 719 g/mol. The zero-order valence-corrected chi connectivity index (χ0v) is 30.2. The number of methoxy groups -OCH3 is 4. The highest BCUT2D eigenvalue weighted by atomic mass is 35.5. The molecule has 15 heteroatoms. The summed E-state index contributed by atoms with van der Waals surface area (Å²) in [4.78, 5) is 38.0. The standard InChI is InChI=1S/C12H12ClN3O.C12H18N2O3.C12H12N2O3/c1-15(2)10-8-14-16(12(17)11(10)13)9-6-4-3-5-7-9;2*1-16-10-8-13-14(12(15)11(10)17-2)9-6-4-3-5-7-9/h3-8H,1-2H3;8-9H,3-7H2,1-2H3;3-8H,1-2H3. The molecule has 0 radical (unpaired) electrons. The van der Waals surface area contributed by atoms with Crippen LogP contribution in [-0.2, 0) is 0 Å². The van der Waals surface area contributed by atoms with Crippen LogP contribution in [0.25, 0.3) is 11.4 Å². The van der Waals surface area contributed by atoms with Crippen LogP contribution in [0.15, 0.2) is 93.6 Å². The van der Waals surface area contributed by atoms with Gasteiger partial charge in [-0.2, -0.15) is 24.7 Å². The van der Waals surface area contributed by atoms with Crippen molar-refractivity contribution in [2.45, 2.75) is 38.1 Å². The molecule has 0 N–H and O–H groups in total. The fraction of sp³-hybridized carbons (Fsp3) is 0.333. The summed E-state index contributed by atoms with van der Waals surface area (Å²) in [5, 5.41) is 12.5.